The molecular weight excluding hydrogens is 482 g/mol. The lowest BCUT2D eigenvalue weighted by molar-refractivity contribution is 0.0746. The standard InChI is InChI=1S/C30H35N3O5/c1-5-21(2)38-26-8-6-7-22(17-26)29(34)31-24-9-11-25(12-10-24)32-13-15-33(16-14-32)30(35)23-18-27(36-3)20-28(19-23)37-4/h6-12,17-21H,5,13-16H2,1-4H3,(H,31,34)/t21-/m1/s1. The number of hydrogen-bond donors (Lipinski definition) is 1. The van der Waals surface area contributed by atoms with Gasteiger partial charge in [-0.25, -0.2) is 0 Å². The topological polar surface area (TPSA) is 80.3 Å². The van der Waals surface area contributed by atoms with Gasteiger partial charge < -0.3 is 29.3 Å². The van der Waals surface area contributed by atoms with Gasteiger partial charge in [-0.05, 0) is 67.9 Å². The second-order valence-corrected chi connectivity index (χ2v) is 9.25. The number of hydrogen-bond acceptors (Lipinski definition) is 6. The van der Waals surface area contributed by atoms with Crippen molar-refractivity contribution >= 4 is 23.2 Å². The number of carbonyl (C=O) groups excluding carboxylic acids is 2. The van der Waals surface area contributed by atoms with Gasteiger partial charge in [-0.2, -0.15) is 0 Å². The highest BCUT2D eigenvalue weighted by atomic mass is 16.5. The predicted octanol–water partition coefficient (Wildman–Crippen LogP) is 5.10. The molecule has 1 fully saturated rings. The summed E-state index contributed by atoms with van der Waals surface area (Å²) in [4.78, 5) is 29.9. The van der Waals surface area contributed by atoms with E-state index in [1.54, 1.807) is 44.6 Å². The molecule has 0 radical (unpaired) electrons. The van der Waals surface area contributed by atoms with E-state index in [-0.39, 0.29) is 17.9 Å². The second-order valence-electron chi connectivity index (χ2n) is 9.25. The van der Waals surface area contributed by atoms with Crippen molar-refractivity contribution in [2.75, 3.05) is 50.6 Å². The van der Waals surface area contributed by atoms with Crippen LogP contribution in [0.4, 0.5) is 11.4 Å². The fourth-order valence-electron chi connectivity index (χ4n) is 4.27. The molecule has 8 nitrogen and oxygen atoms in total. The minimum atomic E-state index is -0.186. The van der Waals surface area contributed by atoms with Crippen LogP contribution in [0.1, 0.15) is 41.0 Å². The summed E-state index contributed by atoms with van der Waals surface area (Å²) in [6.45, 7) is 6.69. The van der Waals surface area contributed by atoms with Crippen LogP contribution in [0.15, 0.2) is 66.7 Å². The third-order valence-electron chi connectivity index (χ3n) is 6.66. The van der Waals surface area contributed by atoms with Gasteiger partial charge in [0.05, 0.1) is 20.3 Å². The minimum Gasteiger partial charge on any atom is -0.497 e. The summed E-state index contributed by atoms with van der Waals surface area (Å²) in [5.41, 5.74) is 2.85. The quantitative estimate of drug-likeness (QED) is 0.426. The molecule has 2 amide bonds. The zero-order chi connectivity index (χ0) is 27.1. The smallest absolute Gasteiger partial charge is 0.255 e. The van der Waals surface area contributed by atoms with E-state index in [0.717, 1.165) is 12.1 Å². The molecule has 0 aliphatic carbocycles. The minimum absolute atomic E-state index is 0.0430. The van der Waals surface area contributed by atoms with Crippen LogP contribution in [0.3, 0.4) is 0 Å². The summed E-state index contributed by atoms with van der Waals surface area (Å²) in [6.07, 6.45) is 0.984. The van der Waals surface area contributed by atoms with Crippen molar-refractivity contribution in [3.05, 3.63) is 77.9 Å². The van der Waals surface area contributed by atoms with Gasteiger partial charge in [-0.3, -0.25) is 9.59 Å². The highest BCUT2D eigenvalue weighted by molar-refractivity contribution is 6.04. The highest BCUT2D eigenvalue weighted by Crippen LogP contribution is 2.25. The maximum atomic E-state index is 13.1. The number of nitrogens with one attached hydrogen (secondary N) is 1. The van der Waals surface area contributed by atoms with Crippen molar-refractivity contribution in [3.8, 4) is 17.2 Å². The number of carbonyl (C=O) groups is 2. The summed E-state index contributed by atoms with van der Waals surface area (Å²) in [5, 5.41) is 2.96. The van der Waals surface area contributed by atoms with E-state index in [4.69, 9.17) is 14.2 Å². The zero-order valence-electron chi connectivity index (χ0n) is 22.4. The van der Waals surface area contributed by atoms with Crippen LogP contribution in [-0.4, -0.2) is 63.2 Å². The van der Waals surface area contributed by atoms with Gasteiger partial charge in [-0.15, -0.1) is 0 Å². The number of rotatable bonds is 9. The van der Waals surface area contributed by atoms with Gasteiger partial charge >= 0.3 is 0 Å². The summed E-state index contributed by atoms with van der Waals surface area (Å²) in [5.74, 6) is 1.63. The summed E-state index contributed by atoms with van der Waals surface area (Å²) < 4.78 is 16.4. The van der Waals surface area contributed by atoms with E-state index in [9.17, 15) is 9.59 Å². The third kappa shape index (κ3) is 6.56. The lowest BCUT2D eigenvalue weighted by Gasteiger charge is -2.36. The normalized spacial score (nSPS) is 14.0. The van der Waals surface area contributed by atoms with Crippen LogP contribution in [0.2, 0.25) is 0 Å². The van der Waals surface area contributed by atoms with Crippen LogP contribution in [0, 0.1) is 0 Å². The van der Waals surface area contributed by atoms with Gasteiger partial charge in [0.1, 0.15) is 17.2 Å². The number of nitrogens with zero attached hydrogens (tertiary/aromatic N) is 2. The monoisotopic (exact) mass is 517 g/mol. The molecule has 0 aromatic heterocycles. The molecule has 4 rings (SSSR count). The molecule has 0 unspecified atom stereocenters. The molecule has 3 aromatic carbocycles. The Kier molecular flexibility index (Phi) is 8.73. The fraction of sp³-hybridized carbons (Fsp3) is 0.333. The lowest BCUT2D eigenvalue weighted by Crippen LogP contribution is -2.48. The van der Waals surface area contributed by atoms with Crippen molar-refractivity contribution < 1.29 is 23.8 Å². The molecule has 3 aromatic rings. The maximum absolute atomic E-state index is 13.1. The molecular formula is C30H35N3O5. The number of piperazine rings is 1. The molecule has 200 valence electrons. The Morgan fingerprint density at radius 2 is 1.47 bits per heavy atom. The first-order chi connectivity index (χ1) is 18.4. The Balaban J connectivity index is 1.33. The van der Waals surface area contributed by atoms with Gasteiger partial charge in [0, 0.05) is 54.7 Å². The Morgan fingerprint density at radius 3 is 2.08 bits per heavy atom. The largest absolute Gasteiger partial charge is 0.497 e. The first-order valence-electron chi connectivity index (χ1n) is 12.9. The van der Waals surface area contributed by atoms with E-state index < -0.39 is 0 Å². The highest BCUT2D eigenvalue weighted by Gasteiger charge is 2.23. The van der Waals surface area contributed by atoms with Crippen molar-refractivity contribution in [1.29, 1.82) is 0 Å². The molecule has 38 heavy (non-hydrogen) atoms. The second kappa shape index (κ2) is 12.4. The number of benzene rings is 3. The molecule has 1 aliphatic heterocycles. The van der Waals surface area contributed by atoms with E-state index in [2.05, 4.69) is 17.1 Å². The van der Waals surface area contributed by atoms with Crippen LogP contribution < -0.4 is 24.4 Å². The molecule has 1 N–H and O–H groups in total. The molecule has 0 spiro atoms. The third-order valence-corrected chi connectivity index (χ3v) is 6.66. The van der Waals surface area contributed by atoms with E-state index >= 15 is 0 Å². The molecule has 1 atom stereocenters. The Morgan fingerprint density at radius 1 is 0.842 bits per heavy atom. The number of amides is 2. The number of anilines is 2. The first kappa shape index (κ1) is 26.9. The van der Waals surface area contributed by atoms with Crippen LogP contribution in [-0.2, 0) is 0 Å². The fourth-order valence-corrected chi connectivity index (χ4v) is 4.27. The van der Waals surface area contributed by atoms with E-state index in [1.807, 2.05) is 48.2 Å². The Bertz CT molecular complexity index is 1230. The molecule has 1 saturated heterocycles. The predicted molar refractivity (Wildman–Crippen MR) is 149 cm³/mol. The van der Waals surface area contributed by atoms with Crippen molar-refractivity contribution in [3.63, 3.8) is 0 Å². The van der Waals surface area contributed by atoms with Crippen molar-refractivity contribution in [2.45, 2.75) is 26.4 Å². The molecule has 8 heteroatoms. The van der Waals surface area contributed by atoms with Gasteiger partial charge in [0.2, 0.25) is 0 Å². The SMILES string of the molecule is CC[C@@H](C)Oc1cccc(C(=O)Nc2ccc(N3CCN(C(=O)c4cc(OC)cc(OC)c4)CC3)cc2)c1. The van der Waals surface area contributed by atoms with Crippen molar-refractivity contribution in [1.82, 2.24) is 4.90 Å². The lowest BCUT2D eigenvalue weighted by atomic mass is 10.1. The van der Waals surface area contributed by atoms with Crippen LogP contribution >= 0.6 is 0 Å². The Labute approximate surface area is 224 Å². The number of methoxy groups -OCH3 is 2. The summed E-state index contributed by atoms with van der Waals surface area (Å²) >= 11 is 0. The van der Waals surface area contributed by atoms with E-state index in [0.29, 0.717) is 60.2 Å². The van der Waals surface area contributed by atoms with Gasteiger partial charge in [0.25, 0.3) is 11.8 Å². The average Bonchev–Trinajstić information content (AvgIpc) is 2.97. The van der Waals surface area contributed by atoms with Crippen molar-refractivity contribution in [2.24, 2.45) is 0 Å². The van der Waals surface area contributed by atoms with Gasteiger partial charge in [-0.1, -0.05) is 13.0 Å². The van der Waals surface area contributed by atoms with Crippen LogP contribution in [0.5, 0.6) is 17.2 Å². The molecule has 1 aliphatic rings. The zero-order valence-corrected chi connectivity index (χ0v) is 22.4. The average molecular weight is 518 g/mol. The number of ether oxygens (including phenoxy) is 3. The molecule has 1 heterocycles. The van der Waals surface area contributed by atoms with Gasteiger partial charge in [0.15, 0.2) is 0 Å². The molecule has 0 saturated carbocycles. The summed E-state index contributed by atoms with van der Waals surface area (Å²) in [6, 6.07) is 20.2. The Hall–Kier alpha value is -4.20. The molecule has 0 bridgehead atoms. The first-order valence-corrected chi connectivity index (χ1v) is 12.9. The van der Waals surface area contributed by atoms with Crippen LogP contribution in [0.25, 0.3) is 0 Å². The summed E-state index contributed by atoms with van der Waals surface area (Å²) in [7, 11) is 3.14. The maximum Gasteiger partial charge on any atom is 0.255 e. The van der Waals surface area contributed by atoms with E-state index in [1.165, 1.54) is 0 Å².